The fraction of sp³-hybridized carbons (Fsp3) is 0. The van der Waals surface area contributed by atoms with Crippen LogP contribution in [0.15, 0.2) is 54.9 Å². The molecule has 0 bridgehead atoms. The Bertz CT molecular complexity index is 836. The van der Waals surface area contributed by atoms with Gasteiger partial charge in [-0.05, 0) is 24.3 Å². The van der Waals surface area contributed by atoms with Crippen molar-refractivity contribution in [3.8, 4) is 0 Å². The van der Waals surface area contributed by atoms with Gasteiger partial charge in [-0.25, -0.2) is 0 Å². The Morgan fingerprint density at radius 3 is 2.62 bits per heavy atom. The SMILES string of the molecule is O=[N+]([O-])c1ccc(Nc2ccccc2Cl)c2cnccc12. The summed E-state index contributed by atoms with van der Waals surface area (Å²) in [6.07, 6.45) is 3.14. The van der Waals surface area contributed by atoms with E-state index in [4.69, 9.17) is 11.6 Å². The summed E-state index contributed by atoms with van der Waals surface area (Å²) in [6, 6.07) is 12.1. The van der Waals surface area contributed by atoms with Gasteiger partial charge in [0.1, 0.15) is 0 Å². The van der Waals surface area contributed by atoms with Crippen LogP contribution in [0.2, 0.25) is 5.02 Å². The molecular weight excluding hydrogens is 290 g/mol. The zero-order valence-corrected chi connectivity index (χ0v) is 11.5. The van der Waals surface area contributed by atoms with Gasteiger partial charge in [-0.2, -0.15) is 0 Å². The minimum Gasteiger partial charge on any atom is -0.354 e. The molecule has 0 atom stereocenters. The van der Waals surface area contributed by atoms with E-state index in [2.05, 4.69) is 10.3 Å². The third-order valence-electron chi connectivity index (χ3n) is 3.13. The highest BCUT2D eigenvalue weighted by atomic mass is 35.5. The number of benzene rings is 2. The van der Waals surface area contributed by atoms with Gasteiger partial charge in [0.2, 0.25) is 0 Å². The minimum atomic E-state index is -0.401. The number of rotatable bonds is 3. The van der Waals surface area contributed by atoms with Crippen LogP contribution in [-0.4, -0.2) is 9.91 Å². The molecule has 0 aliphatic heterocycles. The number of para-hydroxylation sites is 1. The van der Waals surface area contributed by atoms with Crippen molar-refractivity contribution in [3.63, 3.8) is 0 Å². The fourth-order valence-corrected chi connectivity index (χ4v) is 2.33. The van der Waals surface area contributed by atoms with E-state index in [1.807, 2.05) is 18.2 Å². The Kier molecular flexibility index (Phi) is 3.41. The Morgan fingerprint density at radius 1 is 1.05 bits per heavy atom. The second-order valence-electron chi connectivity index (χ2n) is 4.42. The van der Waals surface area contributed by atoms with Crippen LogP contribution in [0.5, 0.6) is 0 Å². The van der Waals surface area contributed by atoms with Crippen molar-refractivity contribution in [3.05, 3.63) is 70.0 Å². The first-order chi connectivity index (χ1) is 10.2. The van der Waals surface area contributed by atoms with E-state index in [-0.39, 0.29) is 5.69 Å². The van der Waals surface area contributed by atoms with E-state index in [0.29, 0.717) is 15.8 Å². The van der Waals surface area contributed by atoms with Gasteiger partial charge in [-0.3, -0.25) is 15.1 Å². The van der Waals surface area contributed by atoms with Gasteiger partial charge in [0.25, 0.3) is 5.69 Å². The number of anilines is 2. The molecule has 0 spiro atoms. The topological polar surface area (TPSA) is 68.1 Å². The highest BCUT2D eigenvalue weighted by Gasteiger charge is 2.14. The molecule has 0 unspecified atom stereocenters. The van der Waals surface area contributed by atoms with Gasteiger partial charge in [0.05, 0.1) is 21.0 Å². The van der Waals surface area contributed by atoms with Crippen molar-refractivity contribution in [1.29, 1.82) is 0 Å². The van der Waals surface area contributed by atoms with E-state index in [9.17, 15) is 10.1 Å². The normalized spacial score (nSPS) is 10.5. The summed E-state index contributed by atoms with van der Waals surface area (Å²) in [7, 11) is 0. The van der Waals surface area contributed by atoms with Crippen molar-refractivity contribution in [1.82, 2.24) is 4.98 Å². The lowest BCUT2D eigenvalue weighted by Crippen LogP contribution is -1.95. The summed E-state index contributed by atoms with van der Waals surface area (Å²) in [5.74, 6) is 0. The van der Waals surface area contributed by atoms with Crippen LogP contribution in [-0.2, 0) is 0 Å². The van der Waals surface area contributed by atoms with Gasteiger partial charge in [-0.15, -0.1) is 0 Å². The van der Waals surface area contributed by atoms with Crippen LogP contribution in [0.1, 0.15) is 0 Å². The number of nitro groups is 1. The summed E-state index contributed by atoms with van der Waals surface area (Å²) in [5, 5.41) is 16.1. The van der Waals surface area contributed by atoms with Crippen LogP contribution >= 0.6 is 11.6 Å². The van der Waals surface area contributed by atoms with Crippen LogP contribution < -0.4 is 5.32 Å². The molecule has 1 heterocycles. The zero-order chi connectivity index (χ0) is 14.8. The molecule has 0 aliphatic carbocycles. The van der Waals surface area contributed by atoms with E-state index >= 15 is 0 Å². The number of nitrogens with zero attached hydrogens (tertiary/aromatic N) is 2. The molecule has 6 heteroatoms. The van der Waals surface area contributed by atoms with Gasteiger partial charge >= 0.3 is 0 Å². The Hall–Kier alpha value is -2.66. The number of nitrogens with one attached hydrogen (secondary N) is 1. The lowest BCUT2D eigenvalue weighted by molar-refractivity contribution is -0.383. The Labute approximate surface area is 125 Å². The number of aromatic nitrogens is 1. The zero-order valence-electron chi connectivity index (χ0n) is 10.8. The number of hydrogen-bond donors (Lipinski definition) is 1. The average molecular weight is 300 g/mol. The van der Waals surface area contributed by atoms with Crippen LogP contribution in [0.4, 0.5) is 17.1 Å². The van der Waals surface area contributed by atoms with Gasteiger partial charge < -0.3 is 5.32 Å². The number of fused-ring (bicyclic) bond motifs is 1. The molecule has 104 valence electrons. The predicted molar refractivity (Wildman–Crippen MR) is 83.1 cm³/mol. The molecule has 0 radical (unpaired) electrons. The second-order valence-corrected chi connectivity index (χ2v) is 4.82. The van der Waals surface area contributed by atoms with E-state index in [1.165, 1.54) is 12.3 Å². The Balaban J connectivity index is 2.14. The molecule has 0 aliphatic rings. The molecule has 2 aromatic carbocycles. The maximum atomic E-state index is 11.1. The maximum absolute atomic E-state index is 11.1. The van der Waals surface area contributed by atoms with Gasteiger partial charge in [-0.1, -0.05) is 23.7 Å². The third-order valence-corrected chi connectivity index (χ3v) is 3.46. The van der Waals surface area contributed by atoms with Crippen molar-refractivity contribution >= 4 is 39.4 Å². The molecule has 0 fully saturated rings. The molecule has 0 saturated carbocycles. The summed E-state index contributed by atoms with van der Waals surface area (Å²) in [4.78, 5) is 14.7. The van der Waals surface area contributed by atoms with Crippen LogP contribution in [0, 0.1) is 10.1 Å². The number of nitro benzene ring substituents is 1. The van der Waals surface area contributed by atoms with Gasteiger partial charge in [0, 0.05) is 29.5 Å². The molecule has 0 amide bonds. The van der Waals surface area contributed by atoms with E-state index < -0.39 is 4.92 Å². The lowest BCUT2D eigenvalue weighted by atomic mass is 10.1. The summed E-state index contributed by atoms with van der Waals surface area (Å²) >= 11 is 6.12. The molecule has 0 saturated heterocycles. The highest BCUT2D eigenvalue weighted by molar-refractivity contribution is 6.33. The molecule has 1 aromatic heterocycles. The first kappa shape index (κ1) is 13.3. The molecule has 3 rings (SSSR count). The minimum absolute atomic E-state index is 0.0529. The first-order valence-corrected chi connectivity index (χ1v) is 6.57. The largest absolute Gasteiger partial charge is 0.354 e. The van der Waals surface area contributed by atoms with Gasteiger partial charge in [0.15, 0.2) is 0 Å². The van der Waals surface area contributed by atoms with Crippen molar-refractivity contribution < 1.29 is 4.92 Å². The standard InChI is InChI=1S/C15H10ClN3O2/c16-12-3-1-2-4-14(12)18-13-5-6-15(19(20)21)10-7-8-17-9-11(10)13/h1-9,18H. The molecule has 1 N–H and O–H groups in total. The summed E-state index contributed by atoms with van der Waals surface area (Å²) < 4.78 is 0. The van der Waals surface area contributed by atoms with Crippen LogP contribution in [0.25, 0.3) is 10.8 Å². The monoisotopic (exact) mass is 299 g/mol. The predicted octanol–water partition coefficient (Wildman–Crippen LogP) is 4.54. The highest BCUT2D eigenvalue weighted by Crippen LogP contribution is 2.33. The quantitative estimate of drug-likeness (QED) is 0.569. The van der Waals surface area contributed by atoms with Crippen LogP contribution in [0.3, 0.4) is 0 Å². The fourth-order valence-electron chi connectivity index (χ4n) is 2.15. The smallest absolute Gasteiger partial charge is 0.277 e. The first-order valence-electron chi connectivity index (χ1n) is 6.19. The number of pyridine rings is 1. The average Bonchev–Trinajstić information content (AvgIpc) is 2.49. The Morgan fingerprint density at radius 2 is 1.86 bits per heavy atom. The van der Waals surface area contributed by atoms with E-state index in [0.717, 1.165) is 11.4 Å². The van der Waals surface area contributed by atoms with E-state index in [1.54, 1.807) is 24.4 Å². The third kappa shape index (κ3) is 2.51. The summed E-state index contributed by atoms with van der Waals surface area (Å²) in [5.41, 5.74) is 1.51. The number of non-ortho nitro benzene ring substituents is 1. The second kappa shape index (κ2) is 5.38. The number of halogens is 1. The summed E-state index contributed by atoms with van der Waals surface area (Å²) in [6.45, 7) is 0. The lowest BCUT2D eigenvalue weighted by Gasteiger charge is -2.11. The van der Waals surface area contributed by atoms with Crippen molar-refractivity contribution in [2.45, 2.75) is 0 Å². The number of hydrogen-bond acceptors (Lipinski definition) is 4. The molecule has 3 aromatic rings. The molecule has 21 heavy (non-hydrogen) atoms. The van der Waals surface area contributed by atoms with Crippen molar-refractivity contribution in [2.75, 3.05) is 5.32 Å². The molecule has 5 nitrogen and oxygen atoms in total. The maximum Gasteiger partial charge on any atom is 0.277 e. The molecular formula is C15H10ClN3O2. The van der Waals surface area contributed by atoms with Crippen molar-refractivity contribution in [2.24, 2.45) is 0 Å².